The molecule has 1 heterocycles. The van der Waals surface area contributed by atoms with Crippen molar-refractivity contribution < 1.29 is 19.0 Å². The molecule has 0 bridgehead atoms. The van der Waals surface area contributed by atoms with Crippen molar-refractivity contribution in [2.75, 3.05) is 27.4 Å². The van der Waals surface area contributed by atoms with E-state index in [1.807, 2.05) is 36.4 Å². The molecule has 0 saturated heterocycles. The van der Waals surface area contributed by atoms with E-state index in [1.54, 1.807) is 26.4 Å². The zero-order valence-corrected chi connectivity index (χ0v) is 24.2. The third kappa shape index (κ3) is 8.37. The molecule has 0 fully saturated rings. The standard InChI is InChI=1S/C34H41N3O4/c1-4-13-26-19-20-31(32(24-26)40-3)41-23-11-10-22-37-30-17-8-7-16-29(30)36-33(37)18-6-5-9-21-35-34(38)27-14-12-15-28(25-27)39-2/h4,7-8,12,14-17,19-20,24-25H,1,5-6,9-11,13,18,21-23H2,2-3H3,(H,35,38). The molecule has 4 aromatic rings. The fourth-order valence-electron chi connectivity index (χ4n) is 4.90. The van der Waals surface area contributed by atoms with Gasteiger partial charge in [-0.1, -0.05) is 36.8 Å². The fraction of sp³-hybridized carbons (Fsp3) is 0.353. The first-order chi connectivity index (χ1) is 20.1. The van der Waals surface area contributed by atoms with E-state index in [1.165, 1.54) is 5.52 Å². The van der Waals surface area contributed by atoms with Gasteiger partial charge in [-0.05, 0) is 80.1 Å². The summed E-state index contributed by atoms with van der Waals surface area (Å²) in [5.74, 6) is 3.26. The van der Waals surface area contributed by atoms with Gasteiger partial charge in [0.05, 0.1) is 31.9 Å². The van der Waals surface area contributed by atoms with Gasteiger partial charge in [-0.25, -0.2) is 4.98 Å². The van der Waals surface area contributed by atoms with Gasteiger partial charge in [-0.2, -0.15) is 0 Å². The Bertz CT molecular complexity index is 1430. The van der Waals surface area contributed by atoms with E-state index in [-0.39, 0.29) is 5.91 Å². The first kappa shape index (κ1) is 29.7. The molecule has 1 amide bonds. The van der Waals surface area contributed by atoms with Crippen LogP contribution in [-0.4, -0.2) is 42.8 Å². The van der Waals surface area contributed by atoms with Gasteiger partial charge in [0.15, 0.2) is 11.5 Å². The van der Waals surface area contributed by atoms with E-state index in [0.29, 0.717) is 24.5 Å². The van der Waals surface area contributed by atoms with Crippen LogP contribution >= 0.6 is 0 Å². The van der Waals surface area contributed by atoms with Crippen molar-refractivity contribution >= 4 is 16.9 Å². The highest BCUT2D eigenvalue weighted by Gasteiger charge is 2.11. The molecule has 7 nitrogen and oxygen atoms in total. The molecule has 4 rings (SSSR count). The summed E-state index contributed by atoms with van der Waals surface area (Å²) in [6.07, 6.45) is 8.46. The molecule has 3 aromatic carbocycles. The lowest BCUT2D eigenvalue weighted by atomic mass is 10.1. The summed E-state index contributed by atoms with van der Waals surface area (Å²) in [6, 6.07) is 21.6. The Kier molecular flexibility index (Phi) is 11.2. The van der Waals surface area contributed by atoms with Crippen LogP contribution in [0.2, 0.25) is 0 Å². The van der Waals surface area contributed by atoms with Crippen molar-refractivity contribution in [1.82, 2.24) is 14.9 Å². The molecular weight excluding hydrogens is 514 g/mol. The van der Waals surface area contributed by atoms with Crippen LogP contribution in [-0.2, 0) is 19.4 Å². The number of hydrogen-bond acceptors (Lipinski definition) is 5. The van der Waals surface area contributed by atoms with Crippen LogP contribution in [0, 0.1) is 0 Å². The van der Waals surface area contributed by atoms with Crippen LogP contribution in [0.15, 0.2) is 79.4 Å². The number of allylic oxidation sites excluding steroid dienone is 1. The number of para-hydroxylation sites is 2. The van der Waals surface area contributed by atoms with E-state index in [2.05, 4.69) is 40.7 Å². The van der Waals surface area contributed by atoms with E-state index < -0.39 is 0 Å². The number of ether oxygens (including phenoxy) is 3. The number of aryl methyl sites for hydroxylation is 2. The highest BCUT2D eigenvalue weighted by Crippen LogP contribution is 2.28. The normalized spacial score (nSPS) is 10.9. The van der Waals surface area contributed by atoms with E-state index in [4.69, 9.17) is 19.2 Å². The Hall–Kier alpha value is -4.26. The lowest BCUT2D eigenvalue weighted by Crippen LogP contribution is -2.24. The second-order valence-corrected chi connectivity index (χ2v) is 10.0. The molecule has 0 atom stereocenters. The van der Waals surface area contributed by atoms with Crippen LogP contribution in [0.4, 0.5) is 0 Å². The number of fused-ring (bicyclic) bond motifs is 1. The van der Waals surface area contributed by atoms with Crippen LogP contribution in [0.3, 0.4) is 0 Å². The number of rotatable bonds is 17. The number of nitrogens with one attached hydrogen (secondary N) is 1. The molecule has 7 heteroatoms. The van der Waals surface area contributed by atoms with Gasteiger partial charge in [-0.3, -0.25) is 4.79 Å². The Labute approximate surface area is 243 Å². The molecule has 41 heavy (non-hydrogen) atoms. The highest BCUT2D eigenvalue weighted by molar-refractivity contribution is 5.94. The number of hydrogen-bond donors (Lipinski definition) is 1. The highest BCUT2D eigenvalue weighted by atomic mass is 16.5. The van der Waals surface area contributed by atoms with Crippen LogP contribution in [0.25, 0.3) is 11.0 Å². The summed E-state index contributed by atoms with van der Waals surface area (Å²) < 4.78 is 19.1. The van der Waals surface area contributed by atoms with Crippen molar-refractivity contribution in [1.29, 1.82) is 0 Å². The molecule has 0 unspecified atom stereocenters. The molecule has 216 valence electrons. The van der Waals surface area contributed by atoms with Crippen molar-refractivity contribution in [3.63, 3.8) is 0 Å². The molecule has 0 aliphatic carbocycles. The zero-order chi connectivity index (χ0) is 28.9. The molecular formula is C34H41N3O4. The lowest BCUT2D eigenvalue weighted by molar-refractivity contribution is 0.0952. The second kappa shape index (κ2) is 15.5. The van der Waals surface area contributed by atoms with E-state index in [9.17, 15) is 4.79 Å². The van der Waals surface area contributed by atoms with Gasteiger partial charge in [0.1, 0.15) is 11.6 Å². The number of amides is 1. The maximum absolute atomic E-state index is 12.4. The first-order valence-corrected chi connectivity index (χ1v) is 14.4. The number of methoxy groups -OCH3 is 2. The Morgan fingerprint density at radius 3 is 2.63 bits per heavy atom. The van der Waals surface area contributed by atoms with Crippen LogP contribution < -0.4 is 19.5 Å². The van der Waals surface area contributed by atoms with Gasteiger partial charge in [0, 0.05) is 25.1 Å². The van der Waals surface area contributed by atoms with Crippen molar-refractivity contribution in [3.05, 3.63) is 96.3 Å². The number of aromatic nitrogens is 2. The first-order valence-electron chi connectivity index (χ1n) is 14.4. The summed E-state index contributed by atoms with van der Waals surface area (Å²) >= 11 is 0. The summed E-state index contributed by atoms with van der Waals surface area (Å²) in [5.41, 5.74) is 3.98. The predicted molar refractivity (Wildman–Crippen MR) is 164 cm³/mol. The largest absolute Gasteiger partial charge is 0.497 e. The average molecular weight is 556 g/mol. The summed E-state index contributed by atoms with van der Waals surface area (Å²) in [6.45, 7) is 5.97. The summed E-state index contributed by atoms with van der Waals surface area (Å²) in [4.78, 5) is 17.3. The van der Waals surface area contributed by atoms with Crippen molar-refractivity contribution in [3.8, 4) is 17.2 Å². The topological polar surface area (TPSA) is 74.6 Å². The number of imidazole rings is 1. The predicted octanol–water partition coefficient (Wildman–Crippen LogP) is 6.78. The van der Waals surface area contributed by atoms with Crippen LogP contribution in [0.5, 0.6) is 17.2 Å². The summed E-state index contributed by atoms with van der Waals surface area (Å²) in [7, 11) is 3.27. The monoisotopic (exact) mass is 555 g/mol. The van der Waals surface area contributed by atoms with Gasteiger partial charge in [0.2, 0.25) is 0 Å². The molecule has 0 aliphatic heterocycles. The number of nitrogens with zero attached hydrogens (tertiary/aromatic N) is 2. The average Bonchev–Trinajstić information content (AvgIpc) is 3.36. The molecule has 0 saturated carbocycles. The summed E-state index contributed by atoms with van der Waals surface area (Å²) in [5, 5.41) is 3.01. The maximum atomic E-state index is 12.4. The molecule has 0 aliphatic rings. The second-order valence-electron chi connectivity index (χ2n) is 10.0. The van der Waals surface area contributed by atoms with Crippen LogP contribution in [0.1, 0.15) is 53.8 Å². The maximum Gasteiger partial charge on any atom is 0.251 e. The molecule has 1 N–H and O–H groups in total. The Balaban J connectivity index is 1.23. The molecule has 0 radical (unpaired) electrons. The van der Waals surface area contributed by atoms with Gasteiger partial charge in [-0.15, -0.1) is 6.58 Å². The zero-order valence-electron chi connectivity index (χ0n) is 24.2. The quantitative estimate of drug-likeness (QED) is 0.115. The fourth-order valence-corrected chi connectivity index (χ4v) is 4.90. The van der Waals surface area contributed by atoms with Crippen molar-refractivity contribution in [2.24, 2.45) is 0 Å². The minimum atomic E-state index is -0.0715. The van der Waals surface area contributed by atoms with Crippen molar-refractivity contribution in [2.45, 2.75) is 51.5 Å². The SMILES string of the molecule is C=CCc1ccc(OCCCCn2c(CCCCCNC(=O)c3cccc(OC)c3)nc3ccccc32)c(OC)c1. The number of carbonyl (C=O) groups is 1. The number of benzene rings is 3. The molecule has 0 spiro atoms. The molecule has 1 aromatic heterocycles. The third-order valence-corrected chi connectivity index (χ3v) is 7.07. The minimum Gasteiger partial charge on any atom is -0.497 e. The number of unbranched alkanes of at least 4 members (excludes halogenated alkanes) is 3. The Morgan fingerprint density at radius 2 is 1.80 bits per heavy atom. The number of carbonyl (C=O) groups excluding carboxylic acids is 1. The third-order valence-electron chi connectivity index (χ3n) is 7.07. The lowest BCUT2D eigenvalue weighted by Gasteiger charge is -2.13. The van der Waals surface area contributed by atoms with Gasteiger partial charge >= 0.3 is 0 Å². The van der Waals surface area contributed by atoms with E-state index in [0.717, 1.165) is 79.9 Å². The van der Waals surface area contributed by atoms with E-state index >= 15 is 0 Å². The van der Waals surface area contributed by atoms with Gasteiger partial charge < -0.3 is 24.1 Å². The smallest absolute Gasteiger partial charge is 0.251 e. The van der Waals surface area contributed by atoms with Gasteiger partial charge in [0.25, 0.3) is 5.91 Å². The minimum absolute atomic E-state index is 0.0715. The Morgan fingerprint density at radius 1 is 0.927 bits per heavy atom.